The zero-order chi connectivity index (χ0) is 14.4. The normalized spacial score (nSPS) is 10.9. The summed E-state index contributed by atoms with van der Waals surface area (Å²) in [6.45, 7) is 5.48. The Kier molecular flexibility index (Phi) is 5.50. The molecule has 0 aliphatic rings. The van der Waals surface area contributed by atoms with E-state index in [0.29, 0.717) is 32.1 Å². The van der Waals surface area contributed by atoms with Crippen LogP contribution in [0.15, 0.2) is 15.8 Å². The second kappa shape index (κ2) is 6.89. The molecule has 0 spiro atoms. The van der Waals surface area contributed by atoms with Crippen LogP contribution in [0.4, 0.5) is 0 Å². The molecule has 0 aliphatic carbocycles. The summed E-state index contributed by atoms with van der Waals surface area (Å²) in [7, 11) is 0. The average Bonchev–Trinajstić information content (AvgIpc) is 2.30. The molecule has 0 radical (unpaired) electrons. The van der Waals surface area contributed by atoms with Gasteiger partial charge in [-0.05, 0) is 12.3 Å². The maximum atomic E-state index is 11.5. The number of rotatable bonds is 7. The van der Waals surface area contributed by atoms with Crippen molar-refractivity contribution >= 4 is 5.97 Å². The number of aryl methyl sites for hydroxylation is 1. The molecule has 1 rings (SSSR count). The molecule has 0 saturated heterocycles. The smallest absolute Gasteiger partial charge is 0.342 e. The lowest BCUT2D eigenvalue weighted by Gasteiger charge is -2.08. The van der Waals surface area contributed by atoms with Crippen molar-refractivity contribution in [2.75, 3.05) is 13.2 Å². The molecule has 0 saturated carbocycles. The van der Waals surface area contributed by atoms with Crippen molar-refractivity contribution in [1.29, 1.82) is 0 Å². The standard InChI is InChI=1S/C12H18N2O5/c1-8(2)7-19-5-3-4-14-6-9(11(16)17)10(15)13-12(14)18/h6,8H,3-5,7H2,1-2H3,(H,16,17)(H,13,15,18). The number of hydrogen-bond acceptors (Lipinski definition) is 4. The van der Waals surface area contributed by atoms with Gasteiger partial charge in [-0.3, -0.25) is 14.3 Å². The molecular formula is C12H18N2O5. The molecule has 0 aromatic carbocycles. The highest BCUT2D eigenvalue weighted by Crippen LogP contribution is 1.95. The molecule has 0 bridgehead atoms. The fourth-order valence-corrected chi connectivity index (χ4v) is 1.48. The van der Waals surface area contributed by atoms with E-state index in [1.807, 2.05) is 18.8 Å². The van der Waals surface area contributed by atoms with Gasteiger partial charge in [0.2, 0.25) is 0 Å². The lowest BCUT2D eigenvalue weighted by molar-refractivity contribution is 0.0693. The van der Waals surface area contributed by atoms with Crippen LogP contribution in [-0.4, -0.2) is 33.8 Å². The van der Waals surface area contributed by atoms with Crippen molar-refractivity contribution in [2.45, 2.75) is 26.8 Å². The van der Waals surface area contributed by atoms with Crippen molar-refractivity contribution in [3.8, 4) is 0 Å². The monoisotopic (exact) mass is 270 g/mol. The van der Waals surface area contributed by atoms with Gasteiger partial charge in [0, 0.05) is 26.0 Å². The third kappa shape index (κ3) is 4.70. The predicted molar refractivity (Wildman–Crippen MR) is 68.6 cm³/mol. The first-order valence-corrected chi connectivity index (χ1v) is 6.06. The van der Waals surface area contributed by atoms with Gasteiger partial charge in [-0.15, -0.1) is 0 Å². The Morgan fingerprint density at radius 2 is 2.16 bits per heavy atom. The molecule has 0 atom stereocenters. The minimum absolute atomic E-state index is 0.300. The van der Waals surface area contributed by atoms with Gasteiger partial charge >= 0.3 is 11.7 Å². The quantitative estimate of drug-likeness (QED) is 0.694. The number of nitrogens with zero attached hydrogens (tertiary/aromatic N) is 1. The Bertz CT molecular complexity index is 544. The van der Waals surface area contributed by atoms with Gasteiger partial charge in [0.25, 0.3) is 5.56 Å². The number of aromatic carboxylic acids is 1. The highest BCUT2D eigenvalue weighted by Gasteiger charge is 2.11. The van der Waals surface area contributed by atoms with E-state index < -0.39 is 22.8 Å². The summed E-state index contributed by atoms with van der Waals surface area (Å²) in [6.07, 6.45) is 1.63. The van der Waals surface area contributed by atoms with Crippen LogP contribution in [0.25, 0.3) is 0 Å². The molecule has 7 heteroatoms. The third-order valence-electron chi connectivity index (χ3n) is 2.38. The molecule has 1 aromatic rings. The first-order valence-electron chi connectivity index (χ1n) is 6.06. The van der Waals surface area contributed by atoms with Crippen molar-refractivity contribution < 1.29 is 14.6 Å². The van der Waals surface area contributed by atoms with Crippen molar-refractivity contribution in [3.63, 3.8) is 0 Å². The summed E-state index contributed by atoms with van der Waals surface area (Å²) in [5.74, 6) is -0.916. The van der Waals surface area contributed by atoms with Gasteiger partial charge in [0.15, 0.2) is 0 Å². The Morgan fingerprint density at radius 3 is 2.74 bits per heavy atom. The van der Waals surface area contributed by atoms with E-state index >= 15 is 0 Å². The number of carbonyl (C=O) groups is 1. The molecule has 0 unspecified atom stereocenters. The van der Waals surface area contributed by atoms with Crippen LogP contribution < -0.4 is 11.2 Å². The summed E-state index contributed by atoms with van der Waals surface area (Å²) >= 11 is 0. The zero-order valence-corrected chi connectivity index (χ0v) is 11.0. The number of carboxylic acids is 1. The molecule has 106 valence electrons. The summed E-state index contributed by atoms with van der Waals surface area (Å²) < 4.78 is 6.52. The Morgan fingerprint density at radius 1 is 1.47 bits per heavy atom. The van der Waals surface area contributed by atoms with E-state index in [-0.39, 0.29) is 0 Å². The first kappa shape index (κ1) is 15.2. The van der Waals surface area contributed by atoms with Gasteiger partial charge in [-0.1, -0.05) is 13.8 Å². The van der Waals surface area contributed by atoms with Gasteiger partial charge in [0.05, 0.1) is 0 Å². The summed E-state index contributed by atoms with van der Waals surface area (Å²) in [5.41, 5.74) is -1.94. The molecule has 1 aromatic heterocycles. The van der Waals surface area contributed by atoms with Crippen molar-refractivity contribution in [2.24, 2.45) is 5.92 Å². The minimum atomic E-state index is -1.36. The number of aromatic nitrogens is 2. The number of nitrogens with one attached hydrogen (secondary N) is 1. The maximum Gasteiger partial charge on any atom is 0.342 e. The number of hydrogen-bond donors (Lipinski definition) is 2. The fraction of sp³-hybridized carbons (Fsp3) is 0.583. The van der Waals surface area contributed by atoms with Crippen LogP contribution >= 0.6 is 0 Å². The second-order valence-corrected chi connectivity index (χ2v) is 4.62. The first-order chi connectivity index (χ1) is 8.91. The minimum Gasteiger partial charge on any atom is -0.477 e. The Balaban J connectivity index is 2.64. The van der Waals surface area contributed by atoms with E-state index in [4.69, 9.17) is 9.84 Å². The van der Waals surface area contributed by atoms with Crippen LogP contribution in [0.5, 0.6) is 0 Å². The van der Waals surface area contributed by atoms with Crippen LogP contribution in [-0.2, 0) is 11.3 Å². The summed E-state index contributed by atoms with van der Waals surface area (Å²) in [6, 6.07) is 0. The third-order valence-corrected chi connectivity index (χ3v) is 2.38. The second-order valence-electron chi connectivity index (χ2n) is 4.62. The molecule has 2 N–H and O–H groups in total. The lowest BCUT2D eigenvalue weighted by atomic mass is 10.2. The lowest BCUT2D eigenvalue weighted by Crippen LogP contribution is -2.33. The molecule has 0 fully saturated rings. The highest BCUT2D eigenvalue weighted by atomic mass is 16.5. The van der Waals surface area contributed by atoms with E-state index in [9.17, 15) is 14.4 Å². The van der Waals surface area contributed by atoms with Gasteiger partial charge in [0.1, 0.15) is 5.56 Å². The molecule has 19 heavy (non-hydrogen) atoms. The molecule has 1 heterocycles. The summed E-state index contributed by atoms with van der Waals surface area (Å²) in [4.78, 5) is 35.4. The van der Waals surface area contributed by atoms with Gasteiger partial charge < -0.3 is 9.84 Å². The van der Waals surface area contributed by atoms with Crippen LogP contribution in [0.3, 0.4) is 0 Å². The Hall–Kier alpha value is -1.89. The van der Waals surface area contributed by atoms with E-state index in [1.54, 1.807) is 0 Å². The van der Waals surface area contributed by atoms with Gasteiger partial charge in [-0.2, -0.15) is 0 Å². The maximum absolute atomic E-state index is 11.5. The highest BCUT2D eigenvalue weighted by molar-refractivity contribution is 5.86. The Labute approximate surface area is 109 Å². The number of carboxylic acid groups (broad SMARTS) is 1. The fourth-order valence-electron chi connectivity index (χ4n) is 1.48. The summed E-state index contributed by atoms with van der Waals surface area (Å²) in [5, 5.41) is 8.79. The number of H-pyrrole nitrogens is 1. The largest absolute Gasteiger partial charge is 0.477 e. The van der Waals surface area contributed by atoms with E-state index in [0.717, 1.165) is 6.20 Å². The average molecular weight is 270 g/mol. The van der Waals surface area contributed by atoms with Crippen molar-refractivity contribution in [1.82, 2.24) is 9.55 Å². The SMILES string of the molecule is CC(C)COCCCn1cc(C(=O)O)c(=O)[nH]c1=O. The van der Waals surface area contributed by atoms with Crippen LogP contribution in [0.2, 0.25) is 0 Å². The topological polar surface area (TPSA) is 101 Å². The van der Waals surface area contributed by atoms with E-state index in [1.165, 1.54) is 4.57 Å². The number of aromatic amines is 1. The van der Waals surface area contributed by atoms with Gasteiger partial charge in [-0.25, -0.2) is 9.59 Å². The van der Waals surface area contributed by atoms with Crippen LogP contribution in [0, 0.1) is 5.92 Å². The van der Waals surface area contributed by atoms with Crippen molar-refractivity contribution in [3.05, 3.63) is 32.6 Å². The molecular weight excluding hydrogens is 252 g/mol. The number of ether oxygens (including phenoxy) is 1. The molecule has 0 aliphatic heterocycles. The van der Waals surface area contributed by atoms with E-state index in [2.05, 4.69) is 0 Å². The predicted octanol–water partition coefficient (Wildman–Crippen LogP) is 0.297. The molecule has 0 amide bonds. The van der Waals surface area contributed by atoms with Crippen LogP contribution in [0.1, 0.15) is 30.6 Å². The zero-order valence-electron chi connectivity index (χ0n) is 11.0. The molecule has 7 nitrogen and oxygen atoms in total.